The van der Waals surface area contributed by atoms with Crippen LogP contribution in [0.25, 0.3) is 0 Å². The van der Waals surface area contributed by atoms with Gasteiger partial charge in [0.1, 0.15) is 0 Å². The first-order valence-corrected chi connectivity index (χ1v) is 5.60. The van der Waals surface area contributed by atoms with Crippen molar-refractivity contribution < 1.29 is 14.6 Å². The van der Waals surface area contributed by atoms with Crippen molar-refractivity contribution in [2.75, 3.05) is 7.11 Å². The first kappa shape index (κ1) is 14.9. The van der Waals surface area contributed by atoms with Gasteiger partial charge in [0.15, 0.2) is 0 Å². The summed E-state index contributed by atoms with van der Waals surface area (Å²) in [5, 5.41) is 9.75. The Bertz CT molecular complexity index is 302. The molecule has 16 heavy (non-hydrogen) atoms. The summed E-state index contributed by atoms with van der Waals surface area (Å²) < 4.78 is 4.69. The smallest absolute Gasteiger partial charge is 0.341 e. The summed E-state index contributed by atoms with van der Waals surface area (Å²) in [6.07, 6.45) is 2.55. The Morgan fingerprint density at radius 2 is 2.00 bits per heavy atom. The van der Waals surface area contributed by atoms with E-state index in [2.05, 4.69) is 17.4 Å². The minimum Gasteiger partial charge on any atom is -0.465 e. The predicted octanol–water partition coefficient (Wildman–Crippen LogP) is 2.59. The van der Waals surface area contributed by atoms with Crippen LogP contribution in [0, 0.1) is 0 Å². The van der Waals surface area contributed by atoms with Crippen LogP contribution in [0.15, 0.2) is 16.9 Å². The number of aliphatic hydroxyl groups is 1. The molecular weight excluding hydrogens is 204 g/mol. The second-order valence-electron chi connectivity index (χ2n) is 4.38. The maximum absolute atomic E-state index is 11.5. The highest BCUT2D eigenvalue weighted by Crippen LogP contribution is 2.16. The summed E-state index contributed by atoms with van der Waals surface area (Å²) in [5.41, 5.74) is 3.14. The molecular formula is C13H22O3. The van der Waals surface area contributed by atoms with Gasteiger partial charge in [0.05, 0.1) is 18.3 Å². The second kappa shape index (κ2) is 6.51. The number of hydrogen-bond acceptors (Lipinski definition) is 3. The second-order valence-corrected chi connectivity index (χ2v) is 4.38. The van der Waals surface area contributed by atoms with Gasteiger partial charge in [-0.25, -0.2) is 4.79 Å². The van der Waals surface area contributed by atoms with Crippen molar-refractivity contribution in [3.05, 3.63) is 16.9 Å². The molecule has 0 radical (unpaired) electrons. The molecule has 0 aromatic carbocycles. The summed E-state index contributed by atoms with van der Waals surface area (Å²) in [4.78, 5) is 11.5. The maximum Gasteiger partial charge on any atom is 0.341 e. The number of ether oxygens (including phenoxy) is 1. The predicted molar refractivity (Wildman–Crippen MR) is 64.1 cm³/mol. The van der Waals surface area contributed by atoms with Crippen molar-refractivity contribution in [1.82, 2.24) is 0 Å². The van der Waals surface area contributed by atoms with Crippen molar-refractivity contribution in [2.24, 2.45) is 0 Å². The Morgan fingerprint density at radius 3 is 2.38 bits per heavy atom. The molecule has 0 bridgehead atoms. The number of carbonyl (C=O) groups excluding carboxylic acids is 1. The molecule has 0 saturated heterocycles. The van der Waals surface area contributed by atoms with Gasteiger partial charge in [-0.3, -0.25) is 0 Å². The van der Waals surface area contributed by atoms with E-state index in [9.17, 15) is 9.90 Å². The lowest BCUT2D eigenvalue weighted by molar-refractivity contribution is -0.136. The standard InChI is InChI=1S/C13H22O3/c1-6-7-8-11(12(14)16-5)9-10(2)13(3,4)15/h15H,6-8H2,1-5H3. The lowest BCUT2D eigenvalue weighted by atomic mass is 9.99. The highest BCUT2D eigenvalue weighted by Gasteiger charge is 2.16. The zero-order valence-electron chi connectivity index (χ0n) is 10.9. The van der Waals surface area contributed by atoms with E-state index >= 15 is 0 Å². The molecule has 0 saturated carbocycles. The maximum atomic E-state index is 11.5. The van der Waals surface area contributed by atoms with Crippen LogP contribution < -0.4 is 0 Å². The number of rotatable bonds is 5. The third-order valence-electron chi connectivity index (χ3n) is 2.47. The Morgan fingerprint density at radius 1 is 1.44 bits per heavy atom. The highest BCUT2D eigenvalue weighted by molar-refractivity contribution is 5.88. The summed E-state index contributed by atoms with van der Waals surface area (Å²) in [7, 11) is 1.36. The lowest BCUT2D eigenvalue weighted by Gasteiger charge is -2.16. The van der Waals surface area contributed by atoms with E-state index in [0.717, 1.165) is 12.8 Å². The minimum absolute atomic E-state index is 0.364. The third kappa shape index (κ3) is 5.15. The van der Waals surface area contributed by atoms with Crippen LogP contribution in [0.3, 0.4) is 0 Å². The molecule has 0 aliphatic rings. The molecule has 0 heterocycles. The van der Waals surface area contributed by atoms with E-state index in [1.807, 2.05) is 0 Å². The molecule has 0 aromatic heterocycles. The molecule has 0 aromatic rings. The Balaban J connectivity index is 5.15. The Labute approximate surface area is 97.8 Å². The minimum atomic E-state index is -0.953. The van der Waals surface area contributed by atoms with Gasteiger partial charge < -0.3 is 9.84 Å². The fourth-order valence-corrected chi connectivity index (χ4v) is 1.07. The van der Waals surface area contributed by atoms with Crippen LogP contribution in [-0.4, -0.2) is 23.8 Å². The molecule has 0 amide bonds. The normalized spacial score (nSPS) is 10.6. The van der Waals surface area contributed by atoms with E-state index in [0.29, 0.717) is 17.6 Å². The molecule has 0 unspecified atom stereocenters. The largest absolute Gasteiger partial charge is 0.465 e. The van der Waals surface area contributed by atoms with Crippen molar-refractivity contribution >= 4 is 5.97 Å². The van der Waals surface area contributed by atoms with Gasteiger partial charge in [-0.15, -0.1) is 5.73 Å². The topological polar surface area (TPSA) is 46.5 Å². The van der Waals surface area contributed by atoms with Gasteiger partial charge in [-0.1, -0.05) is 13.3 Å². The van der Waals surface area contributed by atoms with Crippen LogP contribution in [0.5, 0.6) is 0 Å². The number of carbonyl (C=O) groups is 1. The molecule has 0 aliphatic heterocycles. The zero-order chi connectivity index (χ0) is 12.8. The fourth-order valence-electron chi connectivity index (χ4n) is 1.07. The van der Waals surface area contributed by atoms with E-state index in [1.165, 1.54) is 7.11 Å². The van der Waals surface area contributed by atoms with E-state index < -0.39 is 5.60 Å². The average Bonchev–Trinajstić information content (AvgIpc) is 2.21. The SMILES string of the molecule is CCCCC(=C=C(C)C(C)(C)O)C(=O)OC. The van der Waals surface area contributed by atoms with Crippen LogP contribution >= 0.6 is 0 Å². The first-order valence-electron chi connectivity index (χ1n) is 5.60. The van der Waals surface area contributed by atoms with Crippen LogP contribution in [0.1, 0.15) is 47.0 Å². The third-order valence-corrected chi connectivity index (χ3v) is 2.47. The summed E-state index contributed by atoms with van der Waals surface area (Å²) in [5.74, 6) is -0.364. The molecule has 3 nitrogen and oxygen atoms in total. The first-order chi connectivity index (χ1) is 7.32. The lowest BCUT2D eigenvalue weighted by Crippen LogP contribution is -2.19. The van der Waals surface area contributed by atoms with Crippen LogP contribution in [0.4, 0.5) is 0 Å². The number of hydrogen-bond donors (Lipinski definition) is 1. The summed E-state index contributed by atoms with van der Waals surface area (Å²) in [6.45, 7) is 7.16. The van der Waals surface area contributed by atoms with E-state index in [-0.39, 0.29) is 5.97 Å². The van der Waals surface area contributed by atoms with Crippen molar-refractivity contribution in [2.45, 2.75) is 52.6 Å². The Hall–Kier alpha value is -1.05. The number of methoxy groups -OCH3 is 1. The molecule has 92 valence electrons. The molecule has 0 spiro atoms. The average molecular weight is 226 g/mol. The highest BCUT2D eigenvalue weighted by atomic mass is 16.5. The van der Waals surface area contributed by atoms with E-state index in [4.69, 9.17) is 0 Å². The summed E-state index contributed by atoms with van der Waals surface area (Å²) >= 11 is 0. The number of esters is 1. The zero-order valence-corrected chi connectivity index (χ0v) is 10.9. The molecule has 0 rings (SSSR count). The number of unbranched alkanes of at least 4 members (excludes halogenated alkanes) is 1. The fraction of sp³-hybridized carbons (Fsp3) is 0.692. The van der Waals surface area contributed by atoms with Crippen molar-refractivity contribution in [3.63, 3.8) is 0 Å². The molecule has 1 N–H and O–H groups in total. The van der Waals surface area contributed by atoms with Gasteiger partial charge in [-0.2, -0.15) is 0 Å². The molecule has 0 fully saturated rings. The van der Waals surface area contributed by atoms with E-state index in [1.54, 1.807) is 20.8 Å². The van der Waals surface area contributed by atoms with Crippen LogP contribution in [0.2, 0.25) is 0 Å². The molecule has 3 heteroatoms. The summed E-state index contributed by atoms with van der Waals surface area (Å²) in [6, 6.07) is 0. The van der Waals surface area contributed by atoms with Gasteiger partial charge >= 0.3 is 5.97 Å². The monoisotopic (exact) mass is 226 g/mol. The molecule has 0 atom stereocenters. The van der Waals surface area contributed by atoms with Crippen molar-refractivity contribution in [3.8, 4) is 0 Å². The molecule has 0 aliphatic carbocycles. The Kier molecular flexibility index (Phi) is 6.09. The van der Waals surface area contributed by atoms with Gasteiger partial charge in [0.2, 0.25) is 0 Å². The van der Waals surface area contributed by atoms with Gasteiger partial charge in [0, 0.05) is 5.57 Å². The quantitative estimate of drug-likeness (QED) is 0.445. The van der Waals surface area contributed by atoms with Gasteiger partial charge in [0.25, 0.3) is 0 Å². The van der Waals surface area contributed by atoms with Crippen LogP contribution in [-0.2, 0) is 9.53 Å². The van der Waals surface area contributed by atoms with Crippen molar-refractivity contribution in [1.29, 1.82) is 0 Å². The van der Waals surface area contributed by atoms with Gasteiger partial charge in [-0.05, 0) is 33.6 Å².